The molecule has 0 radical (unpaired) electrons. The van der Waals surface area contributed by atoms with Crippen LogP contribution in [0.25, 0.3) is 0 Å². The molecule has 3 aromatic rings. The van der Waals surface area contributed by atoms with Crippen molar-refractivity contribution in [2.75, 3.05) is 23.4 Å². The molecular weight excluding hydrogens is 412 g/mol. The number of amides is 1. The lowest BCUT2D eigenvalue weighted by atomic mass is 10.1. The zero-order valence-electron chi connectivity index (χ0n) is 17.7. The summed E-state index contributed by atoms with van der Waals surface area (Å²) < 4.78 is 27.7. The summed E-state index contributed by atoms with van der Waals surface area (Å²) in [6, 6.07) is 16.6. The first-order valence-electron chi connectivity index (χ1n) is 9.93. The van der Waals surface area contributed by atoms with Crippen molar-refractivity contribution in [2.24, 2.45) is 0 Å². The normalized spacial score (nSPS) is 15.4. The summed E-state index contributed by atoms with van der Waals surface area (Å²) in [5, 5.41) is 2.87. The number of aryl methyl sites for hydroxylation is 3. The van der Waals surface area contributed by atoms with Crippen molar-refractivity contribution >= 4 is 33.1 Å². The van der Waals surface area contributed by atoms with Gasteiger partial charge >= 0.3 is 0 Å². The van der Waals surface area contributed by atoms with Crippen molar-refractivity contribution in [3.05, 3.63) is 77.5 Å². The van der Waals surface area contributed by atoms with Gasteiger partial charge in [-0.3, -0.25) is 4.79 Å². The van der Waals surface area contributed by atoms with E-state index in [9.17, 15) is 13.2 Å². The van der Waals surface area contributed by atoms with Gasteiger partial charge < -0.3 is 10.2 Å². The zero-order valence-corrected chi connectivity index (χ0v) is 18.5. The van der Waals surface area contributed by atoms with Crippen LogP contribution in [0, 0.1) is 20.8 Å². The molecule has 1 aliphatic rings. The molecule has 31 heavy (non-hydrogen) atoms. The van der Waals surface area contributed by atoms with Gasteiger partial charge in [0.25, 0.3) is 0 Å². The van der Waals surface area contributed by atoms with Gasteiger partial charge in [0.05, 0.1) is 13.2 Å². The van der Waals surface area contributed by atoms with E-state index in [0.717, 1.165) is 22.4 Å². The monoisotopic (exact) mass is 436 g/mol. The van der Waals surface area contributed by atoms with Crippen LogP contribution < -0.4 is 10.2 Å². The topological polar surface area (TPSA) is 82.6 Å². The fourth-order valence-electron chi connectivity index (χ4n) is 3.64. The van der Waals surface area contributed by atoms with Crippen molar-refractivity contribution in [1.82, 2.24) is 9.29 Å². The largest absolute Gasteiger partial charge is 0.324 e. The zero-order chi connectivity index (χ0) is 22.2. The van der Waals surface area contributed by atoms with Crippen LogP contribution >= 0.6 is 0 Å². The van der Waals surface area contributed by atoms with Gasteiger partial charge in [-0.2, -0.15) is 4.31 Å². The molecule has 0 atom stereocenters. The Hall–Kier alpha value is -3.23. The Morgan fingerprint density at radius 3 is 2.35 bits per heavy atom. The number of pyridine rings is 1. The molecule has 0 saturated heterocycles. The first-order valence-corrected chi connectivity index (χ1v) is 11.4. The third-order valence-corrected chi connectivity index (χ3v) is 7.13. The maximum atomic E-state index is 13.2. The predicted octanol–water partition coefficient (Wildman–Crippen LogP) is 3.75. The number of rotatable bonds is 4. The number of nitrogens with one attached hydrogen (secondary N) is 1. The molecule has 1 aliphatic heterocycles. The Bertz CT molecular complexity index is 1220. The minimum absolute atomic E-state index is 0.00438. The van der Waals surface area contributed by atoms with Crippen LogP contribution in [0.5, 0.6) is 0 Å². The molecule has 2 aromatic carbocycles. The average Bonchev–Trinajstić information content (AvgIpc) is 2.74. The smallest absolute Gasteiger partial charge is 0.248 e. The minimum Gasteiger partial charge on any atom is -0.324 e. The number of para-hydroxylation sites is 1. The Kier molecular flexibility index (Phi) is 5.51. The lowest BCUT2D eigenvalue weighted by Crippen LogP contribution is -2.47. The van der Waals surface area contributed by atoms with Gasteiger partial charge in [-0.15, -0.1) is 0 Å². The molecule has 4 rings (SSSR count). The standard InChI is InChI=1S/C23H24N4O3S/c1-16-9-11-19(12-10-16)27-15-26(31(29,30)20-8-5-13-24-23(20)27)14-21(28)25-22-17(2)6-4-7-18(22)3/h4-13H,14-15H2,1-3H3,(H,25,28). The Morgan fingerprint density at radius 1 is 1.00 bits per heavy atom. The molecule has 0 fully saturated rings. The number of anilines is 3. The predicted molar refractivity (Wildman–Crippen MR) is 121 cm³/mol. The van der Waals surface area contributed by atoms with Crippen LogP contribution in [0.3, 0.4) is 0 Å². The Morgan fingerprint density at radius 2 is 1.68 bits per heavy atom. The van der Waals surface area contributed by atoms with Crippen molar-refractivity contribution in [1.29, 1.82) is 0 Å². The second kappa shape index (κ2) is 8.13. The second-order valence-electron chi connectivity index (χ2n) is 7.66. The summed E-state index contributed by atoms with van der Waals surface area (Å²) in [5.41, 5.74) is 4.45. The van der Waals surface area contributed by atoms with Crippen molar-refractivity contribution < 1.29 is 13.2 Å². The number of nitrogens with zero attached hydrogens (tertiary/aromatic N) is 3. The van der Waals surface area contributed by atoms with Gasteiger partial charge in [-0.05, 0) is 56.2 Å². The van der Waals surface area contributed by atoms with E-state index in [1.54, 1.807) is 12.3 Å². The maximum absolute atomic E-state index is 13.2. The van der Waals surface area contributed by atoms with Gasteiger partial charge in [0, 0.05) is 17.6 Å². The first-order chi connectivity index (χ1) is 14.8. The molecule has 160 valence electrons. The summed E-state index contributed by atoms with van der Waals surface area (Å²) in [7, 11) is -3.87. The fraction of sp³-hybridized carbons (Fsp3) is 0.217. The Labute approximate surface area is 182 Å². The van der Waals surface area contributed by atoms with E-state index >= 15 is 0 Å². The van der Waals surface area contributed by atoms with E-state index in [4.69, 9.17) is 0 Å². The summed E-state index contributed by atoms with van der Waals surface area (Å²) >= 11 is 0. The van der Waals surface area contributed by atoms with Crippen LogP contribution in [-0.2, 0) is 14.8 Å². The van der Waals surface area contributed by atoms with E-state index < -0.39 is 15.9 Å². The summed E-state index contributed by atoms with van der Waals surface area (Å²) in [6.07, 6.45) is 1.57. The fourth-order valence-corrected chi connectivity index (χ4v) is 5.12. The van der Waals surface area contributed by atoms with Crippen molar-refractivity contribution in [3.63, 3.8) is 0 Å². The van der Waals surface area contributed by atoms with Gasteiger partial charge in [0.2, 0.25) is 15.9 Å². The van der Waals surface area contributed by atoms with E-state index in [-0.39, 0.29) is 18.1 Å². The van der Waals surface area contributed by atoms with E-state index in [1.807, 2.05) is 68.1 Å². The molecule has 0 saturated carbocycles. The van der Waals surface area contributed by atoms with Gasteiger partial charge in [-0.25, -0.2) is 13.4 Å². The number of benzene rings is 2. The molecule has 8 heteroatoms. The Balaban J connectivity index is 1.66. The number of carbonyl (C=O) groups excluding carboxylic acids is 1. The van der Waals surface area contributed by atoms with Gasteiger partial charge in [0.15, 0.2) is 5.82 Å². The van der Waals surface area contributed by atoms with E-state index in [1.165, 1.54) is 10.4 Å². The lowest BCUT2D eigenvalue weighted by molar-refractivity contribution is -0.116. The average molecular weight is 437 g/mol. The second-order valence-corrected chi connectivity index (χ2v) is 9.57. The van der Waals surface area contributed by atoms with Crippen molar-refractivity contribution in [3.8, 4) is 0 Å². The number of fused-ring (bicyclic) bond motifs is 1. The molecule has 7 nitrogen and oxygen atoms in total. The third kappa shape index (κ3) is 4.04. The molecule has 1 N–H and O–H groups in total. The molecule has 0 spiro atoms. The summed E-state index contributed by atoms with van der Waals surface area (Å²) in [6.45, 7) is 5.49. The highest BCUT2D eigenvalue weighted by molar-refractivity contribution is 7.89. The molecular formula is C23H24N4O3S. The third-order valence-electron chi connectivity index (χ3n) is 5.33. The molecule has 0 unspecified atom stereocenters. The number of hydrogen-bond acceptors (Lipinski definition) is 5. The minimum atomic E-state index is -3.87. The lowest BCUT2D eigenvalue weighted by Gasteiger charge is -2.36. The highest BCUT2D eigenvalue weighted by atomic mass is 32.2. The number of carbonyl (C=O) groups is 1. The number of aromatic nitrogens is 1. The highest BCUT2D eigenvalue weighted by Gasteiger charge is 2.38. The quantitative estimate of drug-likeness (QED) is 0.674. The van der Waals surface area contributed by atoms with Crippen LogP contribution in [0.15, 0.2) is 65.7 Å². The molecule has 1 amide bonds. The first kappa shape index (κ1) is 21.0. The number of hydrogen-bond donors (Lipinski definition) is 1. The SMILES string of the molecule is Cc1ccc(N2CN(CC(=O)Nc3c(C)cccc3C)S(=O)(=O)c3cccnc32)cc1. The molecule has 0 bridgehead atoms. The van der Waals surface area contributed by atoms with Crippen LogP contribution in [-0.4, -0.2) is 36.8 Å². The van der Waals surface area contributed by atoms with Crippen LogP contribution in [0.4, 0.5) is 17.2 Å². The molecule has 1 aromatic heterocycles. The van der Waals surface area contributed by atoms with Crippen molar-refractivity contribution in [2.45, 2.75) is 25.7 Å². The van der Waals surface area contributed by atoms with Crippen LogP contribution in [0.1, 0.15) is 16.7 Å². The van der Waals surface area contributed by atoms with E-state index in [2.05, 4.69) is 10.3 Å². The number of sulfonamides is 1. The molecule has 2 heterocycles. The molecule has 0 aliphatic carbocycles. The highest BCUT2D eigenvalue weighted by Crippen LogP contribution is 2.36. The van der Waals surface area contributed by atoms with Gasteiger partial charge in [0.1, 0.15) is 4.90 Å². The maximum Gasteiger partial charge on any atom is 0.248 e. The van der Waals surface area contributed by atoms with Gasteiger partial charge in [-0.1, -0.05) is 35.9 Å². The summed E-state index contributed by atoms with van der Waals surface area (Å²) in [5.74, 6) is -0.0325. The van der Waals surface area contributed by atoms with Crippen LogP contribution in [0.2, 0.25) is 0 Å². The van der Waals surface area contributed by atoms with E-state index in [0.29, 0.717) is 11.5 Å². The summed E-state index contributed by atoms with van der Waals surface area (Å²) in [4.78, 5) is 19.0.